The average Bonchev–Trinajstić information content (AvgIpc) is 2.55. The summed E-state index contributed by atoms with van der Waals surface area (Å²) in [5.41, 5.74) is 0. The minimum absolute atomic E-state index is 0.276. The van der Waals surface area contributed by atoms with Crippen molar-refractivity contribution >= 4 is 11.6 Å². The number of carbonyl (C=O) groups is 2. The Bertz CT molecular complexity index is 331. The quantitative estimate of drug-likeness (QED) is 0.200. The van der Waals surface area contributed by atoms with Gasteiger partial charge < -0.3 is 4.79 Å². The summed E-state index contributed by atoms with van der Waals surface area (Å²) in [5, 5.41) is 0. The molecule has 2 heteroatoms. The van der Waals surface area contributed by atoms with Crippen molar-refractivity contribution in [3.63, 3.8) is 0 Å². The maximum absolute atomic E-state index is 11.7. The second kappa shape index (κ2) is 18.4. The molecule has 0 spiro atoms. The lowest BCUT2D eigenvalue weighted by Gasteiger charge is -2.00. The maximum Gasteiger partial charge on any atom is 0.155 e. The molecule has 0 N–H and O–H groups in total. The minimum Gasteiger partial charge on any atom is -0.300 e. The molecule has 0 aromatic rings. The van der Waals surface area contributed by atoms with Crippen LogP contribution >= 0.6 is 0 Å². The first-order chi connectivity index (χ1) is 11.7. The molecule has 0 radical (unpaired) electrons. The zero-order chi connectivity index (χ0) is 17.9. The largest absolute Gasteiger partial charge is 0.300 e. The molecular formula is C22H40O2. The average molecular weight is 337 g/mol. The maximum atomic E-state index is 11.7. The van der Waals surface area contributed by atoms with Crippen molar-refractivity contribution in [2.45, 2.75) is 117 Å². The highest BCUT2D eigenvalue weighted by Gasteiger charge is 1.98. The first kappa shape index (κ1) is 23.1. The van der Waals surface area contributed by atoms with E-state index in [4.69, 9.17) is 0 Å². The number of unbranched alkanes of at least 4 members (excludes halogenated alkanes) is 12. The Morgan fingerprint density at radius 1 is 0.667 bits per heavy atom. The van der Waals surface area contributed by atoms with E-state index in [9.17, 15) is 9.59 Å². The highest BCUT2D eigenvalue weighted by Crippen LogP contribution is 2.10. The van der Waals surface area contributed by atoms with Crippen LogP contribution in [0.2, 0.25) is 0 Å². The Labute approximate surface area is 150 Å². The normalized spacial score (nSPS) is 11.2. The first-order valence-corrected chi connectivity index (χ1v) is 10.4. The van der Waals surface area contributed by atoms with Crippen molar-refractivity contribution in [2.24, 2.45) is 0 Å². The Morgan fingerprint density at radius 3 is 1.75 bits per heavy atom. The van der Waals surface area contributed by atoms with Gasteiger partial charge in [0.15, 0.2) is 5.78 Å². The van der Waals surface area contributed by atoms with Gasteiger partial charge in [-0.2, -0.15) is 0 Å². The van der Waals surface area contributed by atoms with Gasteiger partial charge in [-0.3, -0.25) is 4.79 Å². The molecule has 0 saturated heterocycles. The smallest absolute Gasteiger partial charge is 0.155 e. The summed E-state index contributed by atoms with van der Waals surface area (Å²) in [6, 6.07) is 0. The topological polar surface area (TPSA) is 34.1 Å². The monoisotopic (exact) mass is 336 g/mol. The number of Topliss-reactive ketones (excluding diaryl/α,β-unsaturated/α-hetero) is 1. The van der Waals surface area contributed by atoms with Crippen LogP contribution in [0.4, 0.5) is 0 Å². The molecule has 0 bridgehead atoms. The minimum atomic E-state index is 0.276. The van der Waals surface area contributed by atoms with Crippen molar-refractivity contribution in [2.75, 3.05) is 0 Å². The number of rotatable bonds is 18. The number of ketones is 2. The molecule has 0 heterocycles. The van der Waals surface area contributed by atoms with Crippen molar-refractivity contribution in [1.29, 1.82) is 0 Å². The van der Waals surface area contributed by atoms with E-state index in [2.05, 4.69) is 13.0 Å². The van der Waals surface area contributed by atoms with Gasteiger partial charge in [0, 0.05) is 12.8 Å². The summed E-state index contributed by atoms with van der Waals surface area (Å²) in [6.45, 7) is 3.91. The van der Waals surface area contributed by atoms with Crippen LogP contribution in [-0.2, 0) is 9.59 Å². The van der Waals surface area contributed by atoms with E-state index in [0.29, 0.717) is 12.8 Å². The molecule has 0 aliphatic heterocycles. The molecule has 24 heavy (non-hydrogen) atoms. The molecule has 0 atom stereocenters. The summed E-state index contributed by atoms with van der Waals surface area (Å²) in [5.74, 6) is 0.560. The van der Waals surface area contributed by atoms with E-state index >= 15 is 0 Å². The summed E-state index contributed by atoms with van der Waals surface area (Å²) in [7, 11) is 0. The second-order valence-corrected chi connectivity index (χ2v) is 7.10. The standard InChI is InChI=1S/C22H40O2/c1-3-4-5-6-7-8-9-10-13-16-19-22(24)20-17-14-11-12-15-18-21(2)23/h16,19H,3-15,17-18,20H2,1-2H3. The van der Waals surface area contributed by atoms with Gasteiger partial charge >= 0.3 is 0 Å². The fourth-order valence-electron chi connectivity index (χ4n) is 2.90. The van der Waals surface area contributed by atoms with E-state index in [0.717, 1.165) is 38.5 Å². The molecule has 0 amide bonds. The molecule has 0 rings (SSSR count). The highest BCUT2D eigenvalue weighted by atomic mass is 16.1. The lowest BCUT2D eigenvalue weighted by Crippen LogP contribution is -1.93. The van der Waals surface area contributed by atoms with E-state index in [1.165, 1.54) is 51.4 Å². The Hall–Kier alpha value is -0.920. The van der Waals surface area contributed by atoms with Gasteiger partial charge in [0.1, 0.15) is 5.78 Å². The van der Waals surface area contributed by atoms with E-state index in [-0.39, 0.29) is 11.6 Å². The van der Waals surface area contributed by atoms with E-state index in [1.54, 1.807) is 13.0 Å². The summed E-state index contributed by atoms with van der Waals surface area (Å²) < 4.78 is 0. The third kappa shape index (κ3) is 19.1. The van der Waals surface area contributed by atoms with Gasteiger partial charge in [0.05, 0.1) is 0 Å². The van der Waals surface area contributed by atoms with Crippen LogP contribution in [0.1, 0.15) is 117 Å². The molecular weight excluding hydrogens is 296 g/mol. The van der Waals surface area contributed by atoms with E-state index < -0.39 is 0 Å². The van der Waals surface area contributed by atoms with Crippen LogP contribution in [0.3, 0.4) is 0 Å². The predicted octanol–water partition coefficient (Wildman–Crippen LogP) is 6.96. The fraction of sp³-hybridized carbons (Fsp3) is 0.818. The molecule has 0 unspecified atom stereocenters. The number of carbonyl (C=O) groups excluding carboxylic acids is 2. The van der Waals surface area contributed by atoms with Crippen molar-refractivity contribution in [3.05, 3.63) is 12.2 Å². The zero-order valence-corrected chi connectivity index (χ0v) is 16.3. The molecule has 0 aliphatic rings. The summed E-state index contributed by atoms with van der Waals surface area (Å²) in [4.78, 5) is 22.5. The molecule has 0 aromatic heterocycles. The highest BCUT2D eigenvalue weighted by molar-refractivity contribution is 5.89. The molecule has 0 saturated carbocycles. The lowest BCUT2D eigenvalue weighted by atomic mass is 10.1. The second-order valence-electron chi connectivity index (χ2n) is 7.10. The molecule has 140 valence electrons. The fourth-order valence-corrected chi connectivity index (χ4v) is 2.90. The van der Waals surface area contributed by atoms with Crippen molar-refractivity contribution in [3.8, 4) is 0 Å². The summed E-state index contributed by atoms with van der Waals surface area (Å²) >= 11 is 0. The molecule has 0 fully saturated rings. The van der Waals surface area contributed by atoms with Gasteiger partial charge in [-0.25, -0.2) is 0 Å². The number of hydrogen-bond donors (Lipinski definition) is 0. The number of hydrogen-bond acceptors (Lipinski definition) is 2. The van der Waals surface area contributed by atoms with Crippen LogP contribution in [0.15, 0.2) is 12.2 Å². The van der Waals surface area contributed by atoms with Gasteiger partial charge in [0.2, 0.25) is 0 Å². The van der Waals surface area contributed by atoms with Crippen molar-refractivity contribution in [1.82, 2.24) is 0 Å². The zero-order valence-electron chi connectivity index (χ0n) is 16.3. The van der Waals surface area contributed by atoms with Crippen LogP contribution < -0.4 is 0 Å². The van der Waals surface area contributed by atoms with Crippen LogP contribution in [0.25, 0.3) is 0 Å². The Morgan fingerprint density at radius 2 is 1.17 bits per heavy atom. The predicted molar refractivity (Wildman–Crippen MR) is 104 cm³/mol. The van der Waals surface area contributed by atoms with Gasteiger partial charge in [-0.15, -0.1) is 0 Å². The van der Waals surface area contributed by atoms with Gasteiger partial charge in [-0.1, -0.05) is 77.2 Å². The van der Waals surface area contributed by atoms with Crippen LogP contribution in [-0.4, -0.2) is 11.6 Å². The van der Waals surface area contributed by atoms with Gasteiger partial charge in [-0.05, 0) is 38.7 Å². The summed E-state index contributed by atoms with van der Waals surface area (Å²) in [6.07, 6.45) is 22.3. The molecule has 2 nitrogen and oxygen atoms in total. The number of allylic oxidation sites excluding steroid dienone is 2. The Balaban J connectivity index is 3.29. The lowest BCUT2D eigenvalue weighted by molar-refractivity contribution is -0.117. The SMILES string of the molecule is CCCCCCCCCCC=CC(=O)CCCCCCCC(C)=O. The van der Waals surface area contributed by atoms with Gasteiger partial charge in [0.25, 0.3) is 0 Å². The molecule has 0 aliphatic carbocycles. The third-order valence-electron chi connectivity index (χ3n) is 4.48. The first-order valence-electron chi connectivity index (χ1n) is 10.4. The Kier molecular flexibility index (Phi) is 17.7. The van der Waals surface area contributed by atoms with Crippen LogP contribution in [0, 0.1) is 0 Å². The third-order valence-corrected chi connectivity index (χ3v) is 4.48. The molecule has 0 aromatic carbocycles. The van der Waals surface area contributed by atoms with Crippen LogP contribution in [0.5, 0.6) is 0 Å². The van der Waals surface area contributed by atoms with E-state index in [1.807, 2.05) is 0 Å². The van der Waals surface area contributed by atoms with Crippen molar-refractivity contribution < 1.29 is 9.59 Å².